The summed E-state index contributed by atoms with van der Waals surface area (Å²) < 4.78 is 1.53. The van der Waals surface area contributed by atoms with Gasteiger partial charge in [0.2, 0.25) is 0 Å². The van der Waals surface area contributed by atoms with E-state index >= 15 is 0 Å². The largest absolute Gasteiger partial charge is 0.358 e. The van der Waals surface area contributed by atoms with Gasteiger partial charge in [0.1, 0.15) is 12.7 Å². The minimum absolute atomic E-state index is 0.0110. The zero-order valence-corrected chi connectivity index (χ0v) is 8.70. The molecule has 0 saturated carbocycles. The summed E-state index contributed by atoms with van der Waals surface area (Å²) in [5.41, 5.74) is 0.770. The Morgan fingerprint density at radius 3 is 2.88 bits per heavy atom. The molecule has 6 heteroatoms. The fourth-order valence-corrected chi connectivity index (χ4v) is 1.45. The molecule has 2 aromatic heterocycles. The summed E-state index contributed by atoms with van der Waals surface area (Å²) in [5, 5.41) is 10.7. The second-order valence-electron chi connectivity index (χ2n) is 3.33. The first-order valence-electron chi connectivity index (χ1n) is 4.75. The number of nitro groups is 1. The summed E-state index contributed by atoms with van der Waals surface area (Å²) in [6.45, 7) is 2.10. The Morgan fingerprint density at radius 2 is 2.25 bits per heavy atom. The van der Waals surface area contributed by atoms with Gasteiger partial charge in [0.25, 0.3) is 0 Å². The monoisotopic (exact) mass is 218 g/mol. The molecule has 0 aliphatic heterocycles. The molecule has 82 valence electrons. The van der Waals surface area contributed by atoms with E-state index in [1.807, 2.05) is 12.1 Å². The van der Waals surface area contributed by atoms with Crippen LogP contribution in [0.25, 0.3) is 0 Å². The van der Waals surface area contributed by atoms with Crippen molar-refractivity contribution in [2.75, 3.05) is 0 Å². The Morgan fingerprint density at radius 1 is 1.44 bits per heavy atom. The van der Waals surface area contributed by atoms with Gasteiger partial charge in [0, 0.05) is 13.1 Å². The SMILES string of the molecule is Cc1ncc([N+](=O)[O-])n1Cc1ccccn1. The third-order valence-electron chi connectivity index (χ3n) is 2.27. The van der Waals surface area contributed by atoms with Gasteiger partial charge in [-0.15, -0.1) is 0 Å². The van der Waals surface area contributed by atoms with Gasteiger partial charge in [0.15, 0.2) is 5.82 Å². The van der Waals surface area contributed by atoms with Gasteiger partial charge in [-0.25, -0.2) is 9.55 Å². The molecule has 2 aromatic rings. The fraction of sp³-hybridized carbons (Fsp3) is 0.200. The third-order valence-corrected chi connectivity index (χ3v) is 2.27. The number of hydrogen-bond donors (Lipinski definition) is 0. The number of imidazole rings is 1. The van der Waals surface area contributed by atoms with Crippen LogP contribution in [0.15, 0.2) is 30.6 Å². The number of hydrogen-bond acceptors (Lipinski definition) is 4. The lowest BCUT2D eigenvalue weighted by molar-refractivity contribution is -0.392. The van der Waals surface area contributed by atoms with E-state index in [1.54, 1.807) is 19.2 Å². The summed E-state index contributed by atoms with van der Waals surface area (Å²) in [4.78, 5) is 18.4. The van der Waals surface area contributed by atoms with Crippen LogP contribution in [0.1, 0.15) is 11.5 Å². The smallest absolute Gasteiger partial charge is 0.343 e. The van der Waals surface area contributed by atoms with Gasteiger partial charge in [0.05, 0.1) is 5.69 Å². The molecular weight excluding hydrogens is 208 g/mol. The lowest BCUT2D eigenvalue weighted by atomic mass is 10.3. The van der Waals surface area contributed by atoms with Gasteiger partial charge in [-0.3, -0.25) is 4.98 Å². The zero-order chi connectivity index (χ0) is 11.5. The van der Waals surface area contributed by atoms with Crippen molar-refractivity contribution in [2.45, 2.75) is 13.5 Å². The van der Waals surface area contributed by atoms with Crippen LogP contribution in [-0.4, -0.2) is 19.5 Å². The molecule has 0 bridgehead atoms. The minimum Gasteiger partial charge on any atom is -0.358 e. The summed E-state index contributed by atoms with van der Waals surface area (Å²) in [6, 6.07) is 5.47. The molecule has 16 heavy (non-hydrogen) atoms. The van der Waals surface area contributed by atoms with Gasteiger partial charge in [-0.2, -0.15) is 0 Å². The second-order valence-corrected chi connectivity index (χ2v) is 3.33. The highest BCUT2D eigenvalue weighted by atomic mass is 16.6. The zero-order valence-electron chi connectivity index (χ0n) is 8.70. The Hall–Kier alpha value is -2.24. The highest BCUT2D eigenvalue weighted by Crippen LogP contribution is 2.14. The normalized spacial score (nSPS) is 10.3. The molecule has 0 aliphatic carbocycles. The molecular formula is C10H10N4O2. The van der Waals surface area contributed by atoms with E-state index in [4.69, 9.17) is 0 Å². The minimum atomic E-state index is -0.442. The van der Waals surface area contributed by atoms with Crippen LogP contribution in [0.2, 0.25) is 0 Å². The van der Waals surface area contributed by atoms with Crippen LogP contribution >= 0.6 is 0 Å². The maximum absolute atomic E-state index is 10.7. The molecule has 2 rings (SSSR count). The van der Waals surface area contributed by atoms with Crippen LogP contribution in [0, 0.1) is 17.0 Å². The predicted octanol–water partition coefficient (Wildman–Crippen LogP) is 1.54. The third kappa shape index (κ3) is 1.90. The number of rotatable bonds is 3. The topological polar surface area (TPSA) is 73.8 Å². The average Bonchev–Trinajstić information content (AvgIpc) is 2.62. The maximum Gasteiger partial charge on any atom is 0.343 e. The second kappa shape index (κ2) is 4.09. The highest BCUT2D eigenvalue weighted by Gasteiger charge is 2.17. The van der Waals surface area contributed by atoms with E-state index in [9.17, 15) is 10.1 Å². The molecule has 0 aliphatic rings. The molecule has 0 spiro atoms. The van der Waals surface area contributed by atoms with Gasteiger partial charge >= 0.3 is 5.82 Å². The first kappa shape index (κ1) is 10.3. The first-order valence-corrected chi connectivity index (χ1v) is 4.75. The summed E-state index contributed by atoms with van der Waals surface area (Å²) >= 11 is 0. The number of aryl methyl sites for hydroxylation is 1. The quantitative estimate of drug-likeness (QED) is 0.578. The van der Waals surface area contributed by atoms with Crippen molar-refractivity contribution in [3.05, 3.63) is 52.2 Å². The standard InChI is InChI=1S/C10H10N4O2/c1-8-12-6-10(14(15)16)13(8)7-9-4-2-3-5-11-9/h2-6H,7H2,1H3. The van der Waals surface area contributed by atoms with E-state index in [-0.39, 0.29) is 5.82 Å². The first-order chi connectivity index (χ1) is 7.68. The van der Waals surface area contributed by atoms with Gasteiger partial charge in [-0.1, -0.05) is 6.07 Å². The summed E-state index contributed by atoms with van der Waals surface area (Å²) in [7, 11) is 0. The molecule has 0 amide bonds. The van der Waals surface area contributed by atoms with E-state index in [0.717, 1.165) is 5.69 Å². The van der Waals surface area contributed by atoms with E-state index in [1.165, 1.54) is 10.8 Å². The number of aromatic nitrogens is 3. The van der Waals surface area contributed by atoms with Crippen LogP contribution in [-0.2, 0) is 6.54 Å². The lowest BCUT2D eigenvalue weighted by Gasteiger charge is -2.01. The van der Waals surface area contributed by atoms with E-state index < -0.39 is 4.92 Å². The highest BCUT2D eigenvalue weighted by molar-refractivity contribution is 5.21. The Bertz CT molecular complexity index is 507. The van der Waals surface area contributed by atoms with Crippen molar-refractivity contribution in [1.82, 2.24) is 14.5 Å². The van der Waals surface area contributed by atoms with Crippen molar-refractivity contribution in [3.8, 4) is 0 Å². The summed E-state index contributed by atoms with van der Waals surface area (Å²) in [5.74, 6) is 0.598. The maximum atomic E-state index is 10.7. The average molecular weight is 218 g/mol. The Kier molecular flexibility index (Phi) is 2.63. The Labute approximate surface area is 91.7 Å². The van der Waals surface area contributed by atoms with Crippen molar-refractivity contribution < 1.29 is 4.92 Å². The van der Waals surface area contributed by atoms with E-state index in [2.05, 4.69) is 9.97 Å². The van der Waals surface area contributed by atoms with Crippen LogP contribution in [0.5, 0.6) is 0 Å². The van der Waals surface area contributed by atoms with Crippen molar-refractivity contribution in [3.63, 3.8) is 0 Å². The van der Waals surface area contributed by atoms with Crippen molar-refractivity contribution in [1.29, 1.82) is 0 Å². The molecule has 0 atom stereocenters. The van der Waals surface area contributed by atoms with E-state index in [0.29, 0.717) is 12.4 Å². The number of nitrogens with zero attached hydrogens (tertiary/aromatic N) is 4. The van der Waals surface area contributed by atoms with Gasteiger partial charge < -0.3 is 10.1 Å². The van der Waals surface area contributed by atoms with Crippen molar-refractivity contribution in [2.24, 2.45) is 0 Å². The molecule has 0 N–H and O–H groups in total. The number of pyridine rings is 1. The molecule has 0 aromatic carbocycles. The molecule has 2 heterocycles. The van der Waals surface area contributed by atoms with Crippen LogP contribution in [0.4, 0.5) is 5.82 Å². The molecule has 0 fully saturated rings. The Balaban J connectivity index is 2.34. The molecule has 0 radical (unpaired) electrons. The fourth-order valence-electron chi connectivity index (χ4n) is 1.45. The summed E-state index contributed by atoms with van der Waals surface area (Å²) in [6.07, 6.45) is 2.92. The lowest BCUT2D eigenvalue weighted by Crippen LogP contribution is -2.07. The van der Waals surface area contributed by atoms with Crippen molar-refractivity contribution >= 4 is 5.82 Å². The molecule has 6 nitrogen and oxygen atoms in total. The van der Waals surface area contributed by atoms with Gasteiger partial charge in [-0.05, 0) is 17.1 Å². The van der Waals surface area contributed by atoms with Crippen LogP contribution < -0.4 is 0 Å². The molecule has 0 unspecified atom stereocenters. The van der Waals surface area contributed by atoms with Crippen LogP contribution in [0.3, 0.4) is 0 Å². The predicted molar refractivity (Wildman–Crippen MR) is 57.0 cm³/mol. The molecule has 0 saturated heterocycles.